The Labute approximate surface area is 266 Å². The van der Waals surface area contributed by atoms with Gasteiger partial charge in [0.2, 0.25) is 21.8 Å². The van der Waals surface area contributed by atoms with E-state index >= 15 is 8.78 Å². The molecule has 45 heavy (non-hydrogen) atoms. The van der Waals surface area contributed by atoms with Crippen LogP contribution in [0.2, 0.25) is 5.15 Å². The summed E-state index contributed by atoms with van der Waals surface area (Å²) in [7, 11) is -3.83. The second kappa shape index (κ2) is 13.8. The van der Waals surface area contributed by atoms with Gasteiger partial charge in [-0.25, -0.2) is 22.2 Å². The molecule has 5 rings (SSSR count). The number of hydrogen-bond donors (Lipinski definition) is 3. The molecule has 1 aromatic heterocycles. The molecule has 1 unspecified atom stereocenters. The van der Waals surface area contributed by atoms with Crippen molar-refractivity contribution in [2.45, 2.75) is 55.4 Å². The van der Waals surface area contributed by atoms with Crippen molar-refractivity contribution in [2.24, 2.45) is 17.6 Å². The number of nitrogens with zero attached hydrogens (tertiary/aromatic N) is 4. The largest absolute Gasteiger partial charge is 0.396 e. The SMILES string of the molecule is NC1CC(=O)N(c2ccc(S(=O)(=O)N3CCN(c4cc(C(F)(F)C5CCC(C(=O)NCCCO)CC5)cc(Cl)n4)CC3)cc2)C1. The Morgan fingerprint density at radius 3 is 2.36 bits per heavy atom. The lowest BCUT2D eigenvalue weighted by Gasteiger charge is -2.36. The van der Waals surface area contributed by atoms with Gasteiger partial charge < -0.3 is 26.0 Å². The van der Waals surface area contributed by atoms with Gasteiger partial charge in [0.15, 0.2) is 0 Å². The lowest BCUT2D eigenvalue weighted by molar-refractivity contribution is -0.129. The Hall–Kier alpha value is -2.91. The molecule has 4 N–H and O–H groups in total. The van der Waals surface area contributed by atoms with Gasteiger partial charge in [0, 0.05) is 81.4 Å². The molecule has 0 spiro atoms. The van der Waals surface area contributed by atoms with E-state index in [9.17, 15) is 18.0 Å². The number of alkyl halides is 2. The van der Waals surface area contributed by atoms with Crippen molar-refractivity contribution >= 4 is 44.9 Å². The molecule has 3 aliphatic rings. The summed E-state index contributed by atoms with van der Waals surface area (Å²) >= 11 is 6.22. The molecule has 1 aliphatic carbocycles. The average Bonchev–Trinajstić information content (AvgIpc) is 3.38. The van der Waals surface area contributed by atoms with Gasteiger partial charge in [-0.15, -0.1) is 0 Å². The van der Waals surface area contributed by atoms with Crippen molar-refractivity contribution in [3.63, 3.8) is 0 Å². The Morgan fingerprint density at radius 2 is 1.76 bits per heavy atom. The maximum Gasteiger partial charge on any atom is 0.276 e. The first-order valence-corrected chi connectivity index (χ1v) is 17.1. The second-order valence-electron chi connectivity index (χ2n) is 11.9. The highest BCUT2D eigenvalue weighted by atomic mass is 35.5. The lowest BCUT2D eigenvalue weighted by atomic mass is 9.77. The number of sulfonamides is 1. The second-order valence-corrected chi connectivity index (χ2v) is 14.3. The molecular formula is C30H39ClF2N6O5S. The zero-order valence-corrected chi connectivity index (χ0v) is 26.4. The fourth-order valence-corrected chi connectivity index (χ4v) is 7.94. The van der Waals surface area contributed by atoms with E-state index in [-0.39, 0.29) is 97.3 Å². The quantitative estimate of drug-likeness (QED) is 0.259. The summed E-state index contributed by atoms with van der Waals surface area (Å²) < 4.78 is 59.6. The molecule has 0 bridgehead atoms. The van der Waals surface area contributed by atoms with E-state index in [2.05, 4.69) is 10.3 Å². The predicted molar refractivity (Wildman–Crippen MR) is 166 cm³/mol. The Balaban J connectivity index is 1.20. The van der Waals surface area contributed by atoms with Crippen molar-refractivity contribution in [3.8, 4) is 0 Å². The van der Waals surface area contributed by atoms with E-state index in [0.29, 0.717) is 38.0 Å². The van der Waals surface area contributed by atoms with Crippen LogP contribution >= 0.6 is 11.6 Å². The minimum Gasteiger partial charge on any atom is -0.396 e. The summed E-state index contributed by atoms with van der Waals surface area (Å²) in [6.07, 6.45) is 1.75. The van der Waals surface area contributed by atoms with Gasteiger partial charge in [0.25, 0.3) is 5.92 Å². The van der Waals surface area contributed by atoms with Gasteiger partial charge in [-0.3, -0.25) is 9.59 Å². The maximum absolute atomic E-state index is 15.8. The Kier molecular flexibility index (Phi) is 10.3. The Bertz CT molecular complexity index is 1480. The molecule has 246 valence electrons. The normalized spacial score (nSPS) is 23.4. The number of hydrogen-bond acceptors (Lipinski definition) is 8. The molecule has 1 aromatic carbocycles. The van der Waals surface area contributed by atoms with Gasteiger partial charge in [0.1, 0.15) is 11.0 Å². The first-order valence-electron chi connectivity index (χ1n) is 15.3. The number of carbonyl (C=O) groups excluding carboxylic acids is 2. The molecule has 15 heteroatoms. The van der Waals surface area contributed by atoms with Gasteiger partial charge in [0.05, 0.1) is 4.90 Å². The van der Waals surface area contributed by atoms with E-state index in [1.165, 1.54) is 28.6 Å². The fourth-order valence-electron chi connectivity index (χ4n) is 6.32. The topological polar surface area (TPSA) is 149 Å². The molecule has 2 aliphatic heterocycles. The summed E-state index contributed by atoms with van der Waals surface area (Å²) in [4.78, 5) is 32.1. The number of anilines is 2. The molecule has 2 amide bonds. The van der Waals surface area contributed by atoms with Crippen molar-refractivity contribution in [3.05, 3.63) is 47.1 Å². The number of nitrogens with one attached hydrogen (secondary N) is 1. The molecule has 0 radical (unpaired) electrons. The number of halogens is 3. The van der Waals surface area contributed by atoms with Gasteiger partial charge in [-0.2, -0.15) is 4.31 Å². The number of nitrogens with two attached hydrogens (primary N) is 1. The van der Waals surface area contributed by atoms with Gasteiger partial charge in [-0.1, -0.05) is 11.6 Å². The zero-order valence-electron chi connectivity index (χ0n) is 24.9. The summed E-state index contributed by atoms with van der Waals surface area (Å²) in [6, 6.07) is 8.38. The number of benzene rings is 1. The predicted octanol–water partition coefficient (Wildman–Crippen LogP) is 2.71. The molecule has 2 saturated heterocycles. The zero-order chi connectivity index (χ0) is 32.4. The van der Waals surface area contributed by atoms with Crippen LogP contribution in [-0.2, 0) is 25.5 Å². The number of aliphatic hydroxyl groups is 1. The summed E-state index contributed by atoms with van der Waals surface area (Å²) in [5.74, 6) is -4.50. The Morgan fingerprint density at radius 1 is 1.09 bits per heavy atom. The van der Waals surface area contributed by atoms with Crippen molar-refractivity contribution in [2.75, 3.05) is 55.7 Å². The first kappa shape index (κ1) is 33.5. The third-order valence-electron chi connectivity index (χ3n) is 8.91. The lowest BCUT2D eigenvalue weighted by Crippen LogP contribution is -2.49. The highest BCUT2D eigenvalue weighted by Gasteiger charge is 2.44. The highest BCUT2D eigenvalue weighted by Crippen LogP contribution is 2.46. The van der Waals surface area contributed by atoms with E-state index in [0.717, 1.165) is 0 Å². The molecule has 1 atom stereocenters. The average molecular weight is 669 g/mol. The van der Waals surface area contributed by atoms with Crippen LogP contribution in [0, 0.1) is 11.8 Å². The molecule has 3 fully saturated rings. The van der Waals surface area contributed by atoms with E-state index < -0.39 is 21.9 Å². The molecule has 3 heterocycles. The van der Waals surface area contributed by atoms with Gasteiger partial charge in [-0.05, 0) is 68.5 Å². The summed E-state index contributed by atoms with van der Waals surface area (Å²) in [5.41, 5.74) is 6.21. The van der Waals surface area contributed by atoms with Crippen molar-refractivity contribution < 1.29 is 31.9 Å². The van der Waals surface area contributed by atoms with Crippen LogP contribution in [0.25, 0.3) is 0 Å². The van der Waals surface area contributed by atoms with E-state index in [1.807, 2.05) is 0 Å². The van der Waals surface area contributed by atoms with Crippen molar-refractivity contribution in [1.82, 2.24) is 14.6 Å². The van der Waals surface area contributed by atoms with Crippen LogP contribution in [0.4, 0.5) is 20.3 Å². The van der Waals surface area contributed by atoms with E-state index in [4.69, 9.17) is 22.4 Å². The first-order chi connectivity index (χ1) is 21.4. The van der Waals surface area contributed by atoms with Crippen LogP contribution in [0.1, 0.15) is 44.1 Å². The fraction of sp³-hybridized carbons (Fsp3) is 0.567. The number of aliphatic hydroxyl groups excluding tert-OH is 1. The highest BCUT2D eigenvalue weighted by molar-refractivity contribution is 7.89. The smallest absolute Gasteiger partial charge is 0.276 e. The third-order valence-corrected chi connectivity index (χ3v) is 11.0. The van der Waals surface area contributed by atoms with Crippen LogP contribution in [0.15, 0.2) is 41.3 Å². The maximum atomic E-state index is 15.8. The third kappa shape index (κ3) is 7.40. The molecule has 2 aromatic rings. The van der Waals surface area contributed by atoms with Gasteiger partial charge >= 0.3 is 0 Å². The number of pyridine rings is 1. The number of rotatable bonds is 10. The van der Waals surface area contributed by atoms with Crippen LogP contribution in [-0.4, -0.2) is 86.5 Å². The molecular weight excluding hydrogens is 630 g/mol. The van der Waals surface area contributed by atoms with Crippen LogP contribution in [0.5, 0.6) is 0 Å². The number of carbonyl (C=O) groups is 2. The van der Waals surface area contributed by atoms with Crippen LogP contribution in [0.3, 0.4) is 0 Å². The number of piperazine rings is 1. The minimum absolute atomic E-state index is 0.0285. The minimum atomic E-state index is -3.83. The number of amides is 2. The number of aromatic nitrogens is 1. The molecule has 11 nitrogen and oxygen atoms in total. The summed E-state index contributed by atoms with van der Waals surface area (Å²) in [5, 5.41) is 11.6. The molecule has 1 saturated carbocycles. The van der Waals surface area contributed by atoms with E-state index in [1.54, 1.807) is 21.9 Å². The van der Waals surface area contributed by atoms with Crippen LogP contribution < -0.4 is 20.9 Å². The monoisotopic (exact) mass is 668 g/mol. The summed E-state index contributed by atoms with van der Waals surface area (Å²) in [6.45, 7) is 1.40. The standard InChI is InChI=1S/C30H39ClF2N6O5S/c31-26-16-22(30(32,33)21-4-2-20(3-5-21)29(42)35-10-1-15-40)17-27(36-26)37-11-13-38(14-12-37)45(43,44)25-8-6-24(7-9-25)39-19-23(34)18-28(39)41/h6-9,16-17,20-21,23,40H,1-5,10-15,18-19,34H2,(H,35,42). The van der Waals surface area contributed by atoms with Crippen molar-refractivity contribution in [1.29, 1.82) is 0 Å².